The Labute approximate surface area is 119 Å². The predicted molar refractivity (Wildman–Crippen MR) is 74.5 cm³/mol. The summed E-state index contributed by atoms with van der Waals surface area (Å²) in [7, 11) is 0. The van der Waals surface area contributed by atoms with Gasteiger partial charge in [0, 0.05) is 23.4 Å². The number of pyridine rings is 1. The average molecular weight is 279 g/mol. The molecule has 0 amide bonds. The van der Waals surface area contributed by atoms with Gasteiger partial charge in [0.15, 0.2) is 11.5 Å². The van der Waals surface area contributed by atoms with Crippen molar-refractivity contribution in [3.8, 4) is 17.5 Å². The molecule has 3 rings (SSSR count). The molecule has 2 heterocycles. The first-order valence-electron chi connectivity index (χ1n) is 6.11. The Bertz CT molecular complexity index is 907. The second-order valence-electron chi connectivity index (χ2n) is 4.49. The highest BCUT2D eigenvalue weighted by atomic mass is 16.6. The summed E-state index contributed by atoms with van der Waals surface area (Å²) < 4.78 is 1.66. The molecular weight excluding hydrogens is 270 g/mol. The minimum atomic E-state index is -0.428. The van der Waals surface area contributed by atoms with Crippen molar-refractivity contribution >= 4 is 11.3 Å². The second-order valence-corrected chi connectivity index (χ2v) is 4.49. The molecule has 0 spiro atoms. The smallest absolute Gasteiger partial charge is 0.273 e. The van der Waals surface area contributed by atoms with Crippen LogP contribution in [-0.4, -0.2) is 19.5 Å². The summed E-state index contributed by atoms with van der Waals surface area (Å²) in [5.41, 5.74) is 2.20. The normalized spacial score (nSPS) is 10.5. The highest BCUT2D eigenvalue weighted by Gasteiger charge is 2.18. The van der Waals surface area contributed by atoms with Crippen LogP contribution in [0.5, 0.6) is 0 Å². The molecule has 0 fully saturated rings. The second kappa shape index (κ2) is 4.68. The highest BCUT2D eigenvalue weighted by Crippen LogP contribution is 2.28. The van der Waals surface area contributed by atoms with E-state index in [1.165, 1.54) is 6.07 Å². The summed E-state index contributed by atoms with van der Waals surface area (Å²) in [4.78, 5) is 10.6. The molecule has 7 heteroatoms. The van der Waals surface area contributed by atoms with E-state index in [1.54, 1.807) is 41.8 Å². The molecule has 0 atom stereocenters. The number of aromatic nitrogens is 3. The predicted octanol–water partition coefficient (Wildman–Crippen LogP) is 2.48. The van der Waals surface area contributed by atoms with Crippen LogP contribution in [0.25, 0.3) is 17.0 Å². The third kappa shape index (κ3) is 1.99. The van der Waals surface area contributed by atoms with E-state index >= 15 is 0 Å². The maximum Gasteiger partial charge on any atom is 0.273 e. The lowest BCUT2D eigenvalue weighted by atomic mass is 10.1. The van der Waals surface area contributed by atoms with Gasteiger partial charge in [-0.2, -0.15) is 5.26 Å². The van der Waals surface area contributed by atoms with E-state index in [0.717, 1.165) is 0 Å². The molecule has 0 radical (unpaired) electrons. The molecule has 0 unspecified atom stereocenters. The fourth-order valence-corrected chi connectivity index (χ4v) is 2.20. The monoisotopic (exact) mass is 279 g/mol. The van der Waals surface area contributed by atoms with Crippen molar-refractivity contribution in [2.24, 2.45) is 0 Å². The Morgan fingerprint density at radius 1 is 1.29 bits per heavy atom. The maximum atomic E-state index is 11.0. The third-order valence-electron chi connectivity index (χ3n) is 3.27. The number of hydrogen-bond donors (Lipinski definition) is 0. The summed E-state index contributed by atoms with van der Waals surface area (Å²) in [6.45, 7) is 1.67. The summed E-state index contributed by atoms with van der Waals surface area (Å²) in [5, 5.41) is 28.1. The van der Waals surface area contributed by atoms with Crippen LogP contribution in [0.2, 0.25) is 0 Å². The number of nitro benzene ring substituents is 1. The Hall–Kier alpha value is -3.27. The van der Waals surface area contributed by atoms with Gasteiger partial charge >= 0.3 is 0 Å². The molecule has 1 aromatic carbocycles. The van der Waals surface area contributed by atoms with Crippen molar-refractivity contribution in [3.05, 3.63) is 57.8 Å². The van der Waals surface area contributed by atoms with Crippen LogP contribution in [0.3, 0.4) is 0 Å². The van der Waals surface area contributed by atoms with Gasteiger partial charge in [0.2, 0.25) is 0 Å². The average Bonchev–Trinajstić information content (AvgIpc) is 2.90. The molecule has 0 saturated carbocycles. The van der Waals surface area contributed by atoms with Gasteiger partial charge in [-0.3, -0.25) is 14.5 Å². The molecule has 0 N–H and O–H groups in total. The first-order chi connectivity index (χ1) is 10.1. The molecule has 0 aliphatic heterocycles. The Balaban J connectivity index is 2.29. The Morgan fingerprint density at radius 2 is 2.10 bits per heavy atom. The minimum absolute atomic E-state index is 0.0284. The molecule has 0 aliphatic carbocycles. The zero-order valence-electron chi connectivity index (χ0n) is 11.0. The van der Waals surface area contributed by atoms with Crippen molar-refractivity contribution < 1.29 is 4.92 Å². The number of nitro groups is 1. The molecular formula is C14H9N5O2. The fraction of sp³-hybridized carbons (Fsp3) is 0.0714. The fourth-order valence-electron chi connectivity index (χ4n) is 2.20. The summed E-state index contributed by atoms with van der Waals surface area (Å²) >= 11 is 0. The molecule has 21 heavy (non-hydrogen) atoms. The van der Waals surface area contributed by atoms with Gasteiger partial charge in [0.25, 0.3) is 5.69 Å². The van der Waals surface area contributed by atoms with Crippen LogP contribution in [-0.2, 0) is 0 Å². The number of nitriles is 1. The first-order valence-corrected chi connectivity index (χ1v) is 6.11. The van der Waals surface area contributed by atoms with Gasteiger partial charge in [-0.05, 0) is 19.1 Å². The van der Waals surface area contributed by atoms with Crippen molar-refractivity contribution in [2.45, 2.75) is 6.92 Å². The van der Waals surface area contributed by atoms with E-state index in [9.17, 15) is 10.1 Å². The van der Waals surface area contributed by atoms with Gasteiger partial charge < -0.3 is 0 Å². The van der Waals surface area contributed by atoms with E-state index in [2.05, 4.69) is 10.2 Å². The number of rotatable bonds is 2. The number of hydrogen-bond acceptors (Lipinski definition) is 5. The molecule has 2 aromatic heterocycles. The molecule has 7 nitrogen and oxygen atoms in total. The van der Waals surface area contributed by atoms with Crippen LogP contribution in [0.4, 0.5) is 5.69 Å². The molecule has 0 bridgehead atoms. The Morgan fingerprint density at radius 3 is 2.81 bits per heavy atom. The standard InChI is InChI=1S/C14H9N5O2/c1-9-11(3-2-4-12(9)19(20)21)14-17-16-13-6-5-10(7-15)8-18(13)14/h2-6,8H,1H3. The van der Waals surface area contributed by atoms with E-state index in [1.807, 2.05) is 6.07 Å². The Kier molecular flexibility index (Phi) is 2.84. The van der Waals surface area contributed by atoms with Gasteiger partial charge in [-0.15, -0.1) is 10.2 Å². The van der Waals surface area contributed by atoms with Gasteiger partial charge in [0.1, 0.15) is 6.07 Å². The highest BCUT2D eigenvalue weighted by molar-refractivity contribution is 5.68. The first kappa shape index (κ1) is 12.7. The largest absolute Gasteiger partial charge is 0.281 e. The molecule has 3 aromatic rings. The lowest BCUT2D eigenvalue weighted by molar-refractivity contribution is -0.385. The van der Waals surface area contributed by atoms with E-state index in [0.29, 0.717) is 28.2 Å². The zero-order valence-corrected chi connectivity index (χ0v) is 11.0. The van der Waals surface area contributed by atoms with E-state index in [4.69, 9.17) is 5.26 Å². The van der Waals surface area contributed by atoms with Crippen LogP contribution >= 0.6 is 0 Å². The molecule has 0 saturated heterocycles. The van der Waals surface area contributed by atoms with E-state index in [-0.39, 0.29) is 5.69 Å². The van der Waals surface area contributed by atoms with Crippen molar-refractivity contribution in [3.63, 3.8) is 0 Å². The van der Waals surface area contributed by atoms with E-state index < -0.39 is 4.92 Å². The zero-order chi connectivity index (χ0) is 15.0. The van der Waals surface area contributed by atoms with Crippen molar-refractivity contribution in [1.82, 2.24) is 14.6 Å². The van der Waals surface area contributed by atoms with Crippen molar-refractivity contribution in [2.75, 3.05) is 0 Å². The lowest BCUT2D eigenvalue weighted by Gasteiger charge is -2.05. The number of benzene rings is 1. The SMILES string of the molecule is Cc1c(-c2nnc3ccc(C#N)cn23)cccc1[N+](=O)[O-]. The molecule has 102 valence electrons. The van der Waals surface area contributed by atoms with Crippen LogP contribution in [0.1, 0.15) is 11.1 Å². The summed E-state index contributed by atoms with van der Waals surface area (Å²) in [5.74, 6) is 0.475. The topological polar surface area (TPSA) is 97.1 Å². The minimum Gasteiger partial charge on any atom is -0.281 e. The number of nitrogens with zero attached hydrogens (tertiary/aromatic N) is 5. The van der Waals surface area contributed by atoms with Crippen LogP contribution < -0.4 is 0 Å². The van der Waals surface area contributed by atoms with Crippen molar-refractivity contribution in [1.29, 1.82) is 5.26 Å². The number of fused-ring (bicyclic) bond motifs is 1. The maximum absolute atomic E-state index is 11.0. The van der Waals surface area contributed by atoms with Crippen LogP contribution in [0, 0.1) is 28.4 Å². The summed E-state index contributed by atoms with van der Waals surface area (Å²) in [6.07, 6.45) is 1.61. The quantitative estimate of drug-likeness (QED) is 0.530. The molecule has 0 aliphatic rings. The van der Waals surface area contributed by atoms with Gasteiger partial charge in [-0.25, -0.2) is 0 Å². The summed E-state index contributed by atoms with van der Waals surface area (Å²) in [6, 6.07) is 10.2. The lowest BCUT2D eigenvalue weighted by Crippen LogP contribution is -1.97. The van der Waals surface area contributed by atoms with Gasteiger partial charge in [0.05, 0.1) is 10.5 Å². The van der Waals surface area contributed by atoms with Crippen LogP contribution in [0.15, 0.2) is 36.5 Å². The third-order valence-corrected chi connectivity index (χ3v) is 3.27. The van der Waals surface area contributed by atoms with Gasteiger partial charge in [-0.1, -0.05) is 12.1 Å².